The van der Waals surface area contributed by atoms with Crippen molar-refractivity contribution in [3.63, 3.8) is 0 Å². The Bertz CT molecular complexity index is 942. The van der Waals surface area contributed by atoms with Gasteiger partial charge in [0.15, 0.2) is 0 Å². The number of ether oxygens (including phenoxy) is 1. The molecule has 1 atom stereocenters. The summed E-state index contributed by atoms with van der Waals surface area (Å²) in [5.74, 6) is 0. The van der Waals surface area contributed by atoms with Gasteiger partial charge in [0.2, 0.25) is 0 Å². The second-order valence-corrected chi connectivity index (χ2v) is 7.89. The highest BCUT2D eigenvalue weighted by Gasteiger charge is 2.27. The van der Waals surface area contributed by atoms with Gasteiger partial charge in [0, 0.05) is 18.5 Å². The molecular weight excluding hydrogens is 380 g/mol. The Kier molecular flexibility index (Phi) is 7.15. The molecule has 3 rings (SSSR count). The van der Waals surface area contributed by atoms with Crippen LogP contribution in [-0.2, 0) is 20.8 Å². The molecule has 1 unspecified atom stereocenters. The van der Waals surface area contributed by atoms with E-state index in [0.717, 1.165) is 47.7 Å². The molecule has 2 heterocycles. The van der Waals surface area contributed by atoms with Crippen molar-refractivity contribution >= 4 is 11.4 Å². The fourth-order valence-corrected chi connectivity index (χ4v) is 3.15. The SMILES string of the molecule is COC(C)(CON=C(C)c1cccc(C)n1)CON=C1CCCc2ccc(C)nc21. The summed E-state index contributed by atoms with van der Waals surface area (Å²) in [5, 5.41) is 8.55. The highest BCUT2D eigenvalue weighted by atomic mass is 16.7. The van der Waals surface area contributed by atoms with Gasteiger partial charge in [-0.2, -0.15) is 0 Å². The Morgan fingerprint density at radius 1 is 1.03 bits per heavy atom. The lowest BCUT2D eigenvalue weighted by atomic mass is 9.94. The van der Waals surface area contributed by atoms with Crippen LogP contribution < -0.4 is 0 Å². The number of hydrogen-bond acceptors (Lipinski definition) is 7. The lowest BCUT2D eigenvalue weighted by Gasteiger charge is -2.25. The number of aryl methyl sites for hydroxylation is 3. The summed E-state index contributed by atoms with van der Waals surface area (Å²) in [4.78, 5) is 20.3. The fourth-order valence-electron chi connectivity index (χ4n) is 3.15. The van der Waals surface area contributed by atoms with Crippen molar-refractivity contribution in [3.8, 4) is 0 Å². The molecule has 0 amide bonds. The molecule has 7 nitrogen and oxygen atoms in total. The van der Waals surface area contributed by atoms with Crippen LogP contribution in [0.4, 0.5) is 0 Å². The molecule has 0 spiro atoms. The van der Waals surface area contributed by atoms with E-state index in [1.807, 2.05) is 52.0 Å². The first-order chi connectivity index (χ1) is 14.4. The third-order valence-electron chi connectivity index (χ3n) is 5.12. The molecule has 0 saturated carbocycles. The van der Waals surface area contributed by atoms with Gasteiger partial charge in [0.25, 0.3) is 0 Å². The Labute approximate surface area is 178 Å². The van der Waals surface area contributed by atoms with E-state index in [2.05, 4.69) is 26.3 Å². The van der Waals surface area contributed by atoms with Crippen LogP contribution in [0.3, 0.4) is 0 Å². The number of nitrogens with zero attached hydrogens (tertiary/aromatic N) is 4. The van der Waals surface area contributed by atoms with Crippen molar-refractivity contribution in [1.82, 2.24) is 9.97 Å². The molecule has 7 heteroatoms. The number of rotatable bonds is 8. The lowest BCUT2D eigenvalue weighted by Crippen LogP contribution is -2.37. The number of hydrogen-bond donors (Lipinski definition) is 0. The summed E-state index contributed by atoms with van der Waals surface area (Å²) in [6.45, 7) is 8.17. The molecule has 2 aromatic heterocycles. The number of pyridine rings is 2. The van der Waals surface area contributed by atoms with Crippen molar-refractivity contribution in [3.05, 3.63) is 58.7 Å². The van der Waals surface area contributed by atoms with Crippen LogP contribution >= 0.6 is 0 Å². The van der Waals surface area contributed by atoms with Crippen LogP contribution in [0.15, 0.2) is 40.6 Å². The average Bonchev–Trinajstić information content (AvgIpc) is 2.74. The minimum absolute atomic E-state index is 0.228. The van der Waals surface area contributed by atoms with E-state index < -0.39 is 5.60 Å². The predicted molar refractivity (Wildman–Crippen MR) is 117 cm³/mol. The molecule has 0 radical (unpaired) electrons. The predicted octanol–water partition coefficient (Wildman–Crippen LogP) is 4.00. The molecule has 1 aliphatic carbocycles. The van der Waals surface area contributed by atoms with Crippen LogP contribution in [0.2, 0.25) is 0 Å². The van der Waals surface area contributed by atoms with Crippen LogP contribution in [0, 0.1) is 13.8 Å². The third-order valence-corrected chi connectivity index (χ3v) is 5.12. The summed E-state index contributed by atoms with van der Waals surface area (Å²) in [6.07, 6.45) is 2.93. The molecule has 0 aliphatic heterocycles. The van der Waals surface area contributed by atoms with Gasteiger partial charge in [-0.15, -0.1) is 0 Å². The van der Waals surface area contributed by atoms with Gasteiger partial charge in [0.05, 0.1) is 11.4 Å². The van der Waals surface area contributed by atoms with Crippen molar-refractivity contribution in [2.24, 2.45) is 10.3 Å². The van der Waals surface area contributed by atoms with E-state index in [1.54, 1.807) is 7.11 Å². The van der Waals surface area contributed by atoms with Crippen LogP contribution in [0.1, 0.15) is 55.0 Å². The normalized spacial score (nSPS) is 17.4. The minimum atomic E-state index is -0.689. The Balaban J connectivity index is 1.59. The summed E-state index contributed by atoms with van der Waals surface area (Å²) in [6, 6.07) is 9.96. The van der Waals surface area contributed by atoms with Gasteiger partial charge < -0.3 is 14.4 Å². The second-order valence-electron chi connectivity index (χ2n) is 7.89. The highest BCUT2D eigenvalue weighted by Crippen LogP contribution is 2.21. The second kappa shape index (κ2) is 9.80. The Morgan fingerprint density at radius 3 is 2.57 bits per heavy atom. The van der Waals surface area contributed by atoms with Crippen LogP contribution in [0.5, 0.6) is 0 Å². The van der Waals surface area contributed by atoms with Gasteiger partial charge in [-0.05, 0) is 70.7 Å². The van der Waals surface area contributed by atoms with E-state index in [9.17, 15) is 0 Å². The molecule has 1 aliphatic rings. The molecule has 0 aromatic carbocycles. The van der Waals surface area contributed by atoms with Crippen molar-refractivity contribution in [2.45, 2.75) is 52.6 Å². The summed E-state index contributed by atoms with van der Waals surface area (Å²) in [7, 11) is 1.62. The number of aromatic nitrogens is 2. The highest BCUT2D eigenvalue weighted by molar-refractivity contribution is 6.00. The number of methoxy groups -OCH3 is 1. The van der Waals surface area contributed by atoms with Crippen LogP contribution in [0.25, 0.3) is 0 Å². The molecule has 0 N–H and O–H groups in total. The summed E-state index contributed by atoms with van der Waals surface area (Å²) >= 11 is 0. The van der Waals surface area contributed by atoms with E-state index in [4.69, 9.17) is 14.4 Å². The van der Waals surface area contributed by atoms with E-state index in [0.29, 0.717) is 5.71 Å². The summed E-state index contributed by atoms with van der Waals surface area (Å²) < 4.78 is 5.60. The van der Waals surface area contributed by atoms with Crippen molar-refractivity contribution in [2.75, 3.05) is 20.3 Å². The van der Waals surface area contributed by atoms with Gasteiger partial charge in [0.1, 0.15) is 30.2 Å². The van der Waals surface area contributed by atoms with E-state index in [-0.39, 0.29) is 13.2 Å². The first kappa shape index (κ1) is 21.9. The van der Waals surface area contributed by atoms with Crippen LogP contribution in [-0.4, -0.2) is 47.3 Å². The largest absolute Gasteiger partial charge is 0.392 e. The maximum Gasteiger partial charge on any atom is 0.149 e. The molecule has 0 saturated heterocycles. The lowest BCUT2D eigenvalue weighted by molar-refractivity contribution is -0.106. The first-order valence-corrected chi connectivity index (χ1v) is 10.2. The van der Waals surface area contributed by atoms with Crippen molar-refractivity contribution in [1.29, 1.82) is 0 Å². The maximum atomic E-state index is 5.67. The Hall–Kier alpha value is -2.80. The molecule has 0 bridgehead atoms. The number of oxime groups is 2. The van der Waals surface area contributed by atoms with E-state index >= 15 is 0 Å². The van der Waals surface area contributed by atoms with Gasteiger partial charge in [-0.1, -0.05) is 22.4 Å². The standard InChI is InChI=1S/C23H30N4O3/c1-16-8-6-10-20(24-16)18(3)26-29-14-23(4,28-5)15-30-27-21-11-7-9-19-13-12-17(2)25-22(19)21/h6,8,10,12-13H,7,9,11,14-15H2,1-5H3. The molecular formula is C23H30N4O3. The first-order valence-electron chi connectivity index (χ1n) is 10.2. The molecule has 2 aromatic rings. The van der Waals surface area contributed by atoms with Gasteiger partial charge >= 0.3 is 0 Å². The maximum absolute atomic E-state index is 5.67. The smallest absolute Gasteiger partial charge is 0.149 e. The Morgan fingerprint density at radius 2 is 1.80 bits per heavy atom. The van der Waals surface area contributed by atoms with Crippen molar-refractivity contribution < 1.29 is 14.4 Å². The van der Waals surface area contributed by atoms with E-state index in [1.165, 1.54) is 5.56 Å². The topological polar surface area (TPSA) is 78.2 Å². The molecule has 0 fully saturated rings. The summed E-state index contributed by atoms with van der Waals surface area (Å²) in [5.41, 5.74) is 5.78. The van der Waals surface area contributed by atoms with Gasteiger partial charge in [-0.25, -0.2) is 0 Å². The quantitative estimate of drug-likeness (QED) is 0.486. The van der Waals surface area contributed by atoms with Gasteiger partial charge in [-0.3, -0.25) is 9.97 Å². The zero-order valence-electron chi connectivity index (χ0n) is 18.4. The average molecular weight is 411 g/mol. The monoisotopic (exact) mass is 410 g/mol. The fraction of sp³-hybridized carbons (Fsp3) is 0.478. The minimum Gasteiger partial charge on any atom is -0.392 e. The zero-order chi connectivity index (χ0) is 21.6. The zero-order valence-corrected chi connectivity index (χ0v) is 18.4. The third kappa shape index (κ3) is 5.63. The number of fused-ring (bicyclic) bond motifs is 1. The molecule has 30 heavy (non-hydrogen) atoms. The molecule has 160 valence electrons.